The largest absolute Gasteiger partial charge is 0.352 e. The van der Waals surface area contributed by atoms with E-state index in [9.17, 15) is 4.79 Å². The lowest BCUT2D eigenvalue weighted by Crippen LogP contribution is -2.44. The van der Waals surface area contributed by atoms with Crippen LogP contribution in [0.15, 0.2) is 12.7 Å². The zero-order valence-electron chi connectivity index (χ0n) is 11.0. The molecule has 1 saturated heterocycles. The molecule has 7 heteroatoms. The molecule has 1 aliphatic heterocycles. The van der Waals surface area contributed by atoms with Crippen molar-refractivity contribution in [3.63, 3.8) is 0 Å². The molecule has 0 unspecified atom stereocenters. The Morgan fingerprint density at radius 1 is 1.30 bits per heavy atom. The molecule has 2 aromatic heterocycles. The molecular formula is C13H16N6O. The predicted octanol–water partition coefficient (Wildman–Crippen LogP) is 0.600. The van der Waals surface area contributed by atoms with Crippen LogP contribution in [0.25, 0.3) is 11.2 Å². The summed E-state index contributed by atoms with van der Waals surface area (Å²) in [5.74, 6) is 0.900. The molecule has 2 N–H and O–H groups in total. The Morgan fingerprint density at radius 2 is 2.20 bits per heavy atom. The Hall–Kier alpha value is -2.18. The lowest BCUT2D eigenvalue weighted by atomic mass is 10.2. The molecule has 4 rings (SSSR count). The van der Waals surface area contributed by atoms with Gasteiger partial charge in [0.2, 0.25) is 5.91 Å². The Morgan fingerprint density at radius 3 is 3.05 bits per heavy atom. The van der Waals surface area contributed by atoms with Crippen LogP contribution in [0.5, 0.6) is 0 Å². The van der Waals surface area contributed by atoms with Gasteiger partial charge in [-0.3, -0.25) is 4.79 Å². The third-order valence-electron chi connectivity index (χ3n) is 3.95. The maximum atomic E-state index is 12.3. The van der Waals surface area contributed by atoms with Crippen LogP contribution in [0.4, 0.5) is 5.82 Å². The number of fused-ring (bicyclic) bond motifs is 1. The molecule has 7 nitrogen and oxygen atoms in total. The highest BCUT2D eigenvalue weighted by Crippen LogP contribution is 2.29. The predicted molar refractivity (Wildman–Crippen MR) is 73.2 cm³/mol. The van der Waals surface area contributed by atoms with Crippen LogP contribution in [0.2, 0.25) is 0 Å². The first-order chi connectivity index (χ1) is 9.83. The Bertz CT molecular complexity index is 649. The highest BCUT2D eigenvalue weighted by Gasteiger charge is 2.35. The molecule has 3 heterocycles. The Labute approximate surface area is 115 Å². The quantitative estimate of drug-likeness (QED) is 0.854. The van der Waals surface area contributed by atoms with Gasteiger partial charge in [-0.05, 0) is 25.7 Å². The van der Waals surface area contributed by atoms with Gasteiger partial charge in [-0.15, -0.1) is 0 Å². The first-order valence-electron chi connectivity index (χ1n) is 7.04. The second-order valence-corrected chi connectivity index (χ2v) is 5.43. The molecule has 0 spiro atoms. The average molecular weight is 272 g/mol. The SMILES string of the molecule is O=C(NC1CC1)[C@H]1CCCN1c1ncnc2nc[nH]c12. The number of hydrogen-bond acceptors (Lipinski definition) is 5. The molecule has 2 aliphatic rings. The number of rotatable bonds is 3. The highest BCUT2D eigenvalue weighted by atomic mass is 16.2. The first kappa shape index (κ1) is 11.6. The van der Waals surface area contributed by atoms with E-state index in [-0.39, 0.29) is 11.9 Å². The van der Waals surface area contributed by atoms with Crippen molar-refractivity contribution >= 4 is 22.9 Å². The zero-order valence-corrected chi connectivity index (χ0v) is 11.0. The van der Waals surface area contributed by atoms with Crippen molar-refractivity contribution in [2.45, 2.75) is 37.8 Å². The number of carbonyl (C=O) groups is 1. The van der Waals surface area contributed by atoms with E-state index >= 15 is 0 Å². The van der Waals surface area contributed by atoms with Crippen molar-refractivity contribution in [3.05, 3.63) is 12.7 Å². The van der Waals surface area contributed by atoms with Crippen molar-refractivity contribution in [1.29, 1.82) is 0 Å². The minimum absolute atomic E-state index is 0.122. The van der Waals surface area contributed by atoms with E-state index in [0.717, 1.165) is 43.6 Å². The molecule has 0 radical (unpaired) electrons. The molecule has 1 amide bonds. The molecule has 0 aromatic carbocycles. The molecule has 1 saturated carbocycles. The van der Waals surface area contributed by atoms with Gasteiger partial charge in [0.25, 0.3) is 0 Å². The average Bonchev–Trinajstić information content (AvgIpc) is 2.96. The van der Waals surface area contributed by atoms with Gasteiger partial charge in [-0.2, -0.15) is 0 Å². The number of anilines is 1. The van der Waals surface area contributed by atoms with E-state index < -0.39 is 0 Å². The van der Waals surface area contributed by atoms with Crippen LogP contribution in [-0.4, -0.2) is 44.5 Å². The fourth-order valence-corrected chi connectivity index (χ4v) is 2.79. The van der Waals surface area contributed by atoms with Crippen molar-refractivity contribution in [1.82, 2.24) is 25.3 Å². The smallest absolute Gasteiger partial charge is 0.242 e. The standard InChI is InChI=1S/C13H16N6O/c20-13(18-8-3-4-8)9-2-1-5-19(9)12-10-11(15-6-14-10)16-7-17-12/h6-9H,1-5H2,(H,18,20)(H,14,15,16,17)/t9-/m1/s1. The minimum Gasteiger partial charge on any atom is -0.352 e. The van der Waals surface area contributed by atoms with E-state index in [1.807, 2.05) is 0 Å². The summed E-state index contributed by atoms with van der Waals surface area (Å²) in [4.78, 5) is 30.1. The van der Waals surface area contributed by atoms with Gasteiger partial charge in [-0.1, -0.05) is 0 Å². The topological polar surface area (TPSA) is 86.8 Å². The second-order valence-electron chi connectivity index (χ2n) is 5.43. The maximum Gasteiger partial charge on any atom is 0.242 e. The summed E-state index contributed by atoms with van der Waals surface area (Å²) in [6.45, 7) is 0.841. The third kappa shape index (κ3) is 1.90. The first-order valence-corrected chi connectivity index (χ1v) is 7.04. The fourth-order valence-electron chi connectivity index (χ4n) is 2.79. The summed E-state index contributed by atoms with van der Waals surface area (Å²) in [7, 11) is 0. The van der Waals surface area contributed by atoms with Crippen molar-refractivity contribution < 1.29 is 4.79 Å². The van der Waals surface area contributed by atoms with Crippen LogP contribution in [0.3, 0.4) is 0 Å². The molecule has 2 fully saturated rings. The molecule has 2 aromatic rings. The second kappa shape index (κ2) is 4.43. The van der Waals surface area contributed by atoms with E-state index in [4.69, 9.17) is 0 Å². The molecule has 20 heavy (non-hydrogen) atoms. The summed E-state index contributed by atoms with van der Waals surface area (Å²) in [6.07, 6.45) is 7.21. The van der Waals surface area contributed by atoms with Gasteiger partial charge >= 0.3 is 0 Å². The number of aromatic amines is 1. The van der Waals surface area contributed by atoms with Gasteiger partial charge in [0.1, 0.15) is 17.9 Å². The highest BCUT2D eigenvalue weighted by molar-refractivity contribution is 5.90. The van der Waals surface area contributed by atoms with Crippen LogP contribution in [0.1, 0.15) is 25.7 Å². The number of aromatic nitrogens is 4. The van der Waals surface area contributed by atoms with Crippen molar-refractivity contribution in [2.75, 3.05) is 11.4 Å². The normalized spacial score (nSPS) is 22.4. The zero-order chi connectivity index (χ0) is 13.5. The van der Waals surface area contributed by atoms with E-state index in [1.165, 1.54) is 6.33 Å². The number of amides is 1. The molecule has 1 aliphatic carbocycles. The lowest BCUT2D eigenvalue weighted by molar-refractivity contribution is -0.122. The van der Waals surface area contributed by atoms with Crippen molar-refractivity contribution in [3.8, 4) is 0 Å². The summed E-state index contributed by atoms with van der Waals surface area (Å²) in [5.41, 5.74) is 1.45. The summed E-state index contributed by atoms with van der Waals surface area (Å²) >= 11 is 0. The minimum atomic E-state index is -0.128. The molecule has 1 atom stereocenters. The lowest BCUT2D eigenvalue weighted by Gasteiger charge is -2.24. The van der Waals surface area contributed by atoms with Gasteiger partial charge < -0.3 is 15.2 Å². The fraction of sp³-hybridized carbons (Fsp3) is 0.538. The van der Waals surface area contributed by atoms with E-state index in [2.05, 4.69) is 30.2 Å². The van der Waals surface area contributed by atoms with Crippen molar-refractivity contribution in [2.24, 2.45) is 0 Å². The molecular weight excluding hydrogens is 256 g/mol. The Kier molecular flexibility index (Phi) is 2.58. The van der Waals surface area contributed by atoms with Gasteiger partial charge in [-0.25, -0.2) is 15.0 Å². The maximum absolute atomic E-state index is 12.3. The van der Waals surface area contributed by atoms with Gasteiger partial charge in [0, 0.05) is 12.6 Å². The van der Waals surface area contributed by atoms with E-state index in [0.29, 0.717) is 11.7 Å². The molecule has 104 valence electrons. The third-order valence-corrected chi connectivity index (χ3v) is 3.95. The number of nitrogens with zero attached hydrogens (tertiary/aromatic N) is 4. The molecule has 0 bridgehead atoms. The van der Waals surface area contributed by atoms with Gasteiger partial charge in [0.05, 0.1) is 6.33 Å². The number of nitrogens with one attached hydrogen (secondary N) is 2. The van der Waals surface area contributed by atoms with Crippen LogP contribution in [0, 0.1) is 0 Å². The number of carbonyl (C=O) groups excluding carboxylic acids is 1. The van der Waals surface area contributed by atoms with Crippen LogP contribution in [-0.2, 0) is 4.79 Å². The van der Waals surface area contributed by atoms with Crippen LogP contribution < -0.4 is 10.2 Å². The summed E-state index contributed by atoms with van der Waals surface area (Å²) in [5, 5.41) is 3.09. The number of imidazole rings is 1. The van der Waals surface area contributed by atoms with Crippen LogP contribution >= 0.6 is 0 Å². The monoisotopic (exact) mass is 272 g/mol. The Balaban J connectivity index is 1.65. The number of H-pyrrole nitrogens is 1. The van der Waals surface area contributed by atoms with Gasteiger partial charge in [0.15, 0.2) is 11.5 Å². The summed E-state index contributed by atoms with van der Waals surface area (Å²) in [6, 6.07) is 0.263. The number of hydrogen-bond donors (Lipinski definition) is 2. The summed E-state index contributed by atoms with van der Waals surface area (Å²) < 4.78 is 0. The van der Waals surface area contributed by atoms with E-state index in [1.54, 1.807) is 6.33 Å².